The van der Waals surface area contributed by atoms with Crippen molar-refractivity contribution in [3.05, 3.63) is 24.3 Å². The number of hydrogen-bond donors (Lipinski definition) is 1. The maximum atomic E-state index is 9.85. The second-order valence-electron chi connectivity index (χ2n) is 4.83. The molecule has 0 radical (unpaired) electrons. The van der Waals surface area contributed by atoms with Gasteiger partial charge in [0.25, 0.3) is 0 Å². The lowest BCUT2D eigenvalue weighted by atomic mass is 9.95. The van der Waals surface area contributed by atoms with Crippen LogP contribution in [0, 0.1) is 0 Å². The summed E-state index contributed by atoms with van der Waals surface area (Å²) in [5.74, 6) is 1.68. The van der Waals surface area contributed by atoms with Crippen LogP contribution in [0.4, 0.5) is 0 Å². The van der Waals surface area contributed by atoms with Crippen LogP contribution in [-0.4, -0.2) is 23.9 Å². The van der Waals surface area contributed by atoms with Crippen molar-refractivity contribution in [3.63, 3.8) is 0 Å². The van der Waals surface area contributed by atoms with Crippen LogP contribution in [-0.2, 0) is 0 Å². The SMILES string of the molecule is CCCOc1ccc(OC2CCCCC2O)cc1. The standard InChI is InChI=1S/C15H22O3/c1-2-11-17-12-7-9-13(10-8-12)18-15-6-4-3-5-14(15)16/h7-10,14-16H,2-6,11H2,1H3. The molecule has 0 amide bonds. The Labute approximate surface area is 109 Å². The van der Waals surface area contributed by atoms with Crippen molar-refractivity contribution in [1.29, 1.82) is 0 Å². The fourth-order valence-electron chi connectivity index (χ4n) is 2.22. The minimum Gasteiger partial charge on any atom is -0.494 e. The van der Waals surface area contributed by atoms with Gasteiger partial charge in [-0.1, -0.05) is 13.3 Å². The Balaban J connectivity index is 1.89. The van der Waals surface area contributed by atoms with Gasteiger partial charge in [-0.05, 0) is 49.9 Å². The van der Waals surface area contributed by atoms with Crippen molar-refractivity contribution in [1.82, 2.24) is 0 Å². The zero-order valence-corrected chi connectivity index (χ0v) is 11.0. The Morgan fingerprint density at radius 3 is 2.44 bits per heavy atom. The Bertz CT molecular complexity index is 347. The van der Waals surface area contributed by atoms with Crippen LogP contribution in [0.5, 0.6) is 11.5 Å². The molecule has 0 aromatic heterocycles. The zero-order chi connectivity index (χ0) is 12.8. The molecule has 0 spiro atoms. The third-order valence-electron chi connectivity index (χ3n) is 3.25. The predicted molar refractivity (Wildman–Crippen MR) is 71.1 cm³/mol. The normalized spacial score (nSPS) is 23.7. The van der Waals surface area contributed by atoms with E-state index in [1.165, 1.54) is 0 Å². The average Bonchev–Trinajstić information content (AvgIpc) is 2.41. The predicted octanol–water partition coefficient (Wildman–Crippen LogP) is 3.16. The molecule has 18 heavy (non-hydrogen) atoms. The number of ether oxygens (including phenoxy) is 2. The summed E-state index contributed by atoms with van der Waals surface area (Å²) >= 11 is 0. The van der Waals surface area contributed by atoms with Gasteiger partial charge in [-0.15, -0.1) is 0 Å². The number of aliphatic hydroxyl groups excluding tert-OH is 1. The van der Waals surface area contributed by atoms with Gasteiger partial charge in [-0.3, -0.25) is 0 Å². The maximum Gasteiger partial charge on any atom is 0.124 e. The largest absolute Gasteiger partial charge is 0.494 e. The quantitative estimate of drug-likeness (QED) is 0.872. The lowest BCUT2D eigenvalue weighted by Crippen LogP contribution is -2.34. The van der Waals surface area contributed by atoms with Crippen molar-refractivity contribution in [2.75, 3.05) is 6.61 Å². The second-order valence-corrected chi connectivity index (χ2v) is 4.83. The Hall–Kier alpha value is -1.22. The molecule has 1 aliphatic rings. The number of aliphatic hydroxyl groups is 1. The van der Waals surface area contributed by atoms with E-state index in [9.17, 15) is 5.11 Å². The topological polar surface area (TPSA) is 38.7 Å². The van der Waals surface area contributed by atoms with E-state index in [4.69, 9.17) is 9.47 Å². The fourth-order valence-corrected chi connectivity index (χ4v) is 2.22. The molecule has 0 bridgehead atoms. The van der Waals surface area contributed by atoms with E-state index >= 15 is 0 Å². The lowest BCUT2D eigenvalue weighted by molar-refractivity contribution is 0.00685. The molecule has 2 unspecified atom stereocenters. The summed E-state index contributed by atoms with van der Waals surface area (Å²) in [6.07, 6.45) is 4.66. The fraction of sp³-hybridized carbons (Fsp3) is 0.600. The number of hydrogen-bond acceptors (Lipinski definition) is 3. The highest BCUT2D eigenvalue weighted by molar-refractivity contribution is 5.31. The van der Waals surface area contributed by atoms with Gasteiger partial charge in [0, 0.05) is 0 Å². The molecule has 100 valence electrons. The van der Waals surface area contributed by atoms with E-state index in [2.05, 4.69) is 6.92 Å². The molecule has 3 heteroatoms. The first kappa shape index (κ1) is 13.2. The van der Waals surface area contributed by atoms with Crippen LogP contribution in [0.1, 0.15) is 39.0 Å². The van der Waals surface area contributed by atoms with Gasteiger partial charge in [0.1, 0.15) is 17.6 Å². The molecule has 1 aromatic rings. The molecule has 1 aromatic carbocycles. The van der Waals surface area contributed by atoms with E-state index in [-0.39, 0.29) is 12.2 Å². The van der Waals surface area contributed by atoms with Crippen LogP contribution >= 0.6 is 0 Å². The summed E-state index contributed by atoms with van der Waals surface area (Å²) in [6, 6.07) is 7.65. The molecule has 0 aliphatic heterocycles. The summed E-state index contributed by atoms with van der Waals surface area (Å²) in [4.78, 5) is 0. The van der Waals surface area contributed by atoms with Gasteiger partial charge >= 0.3 is 0 Å². The van der Waals surface area contributed by atoms with E-state index in [1.807, 2.05) is 24.3 Å². The first-order valence-electron chi connectivity index (χ1n) is 6.87. The third kappa shape index (κ3) is 3.64. The van der Waals surface area contributed by atoms with Crippen molar-refractivity contribution < 1.29 is 14.6 Å². The van der Waals surface area contributed by atoms with E-state index in [0.717, 1.165) is 50.2 Å². The summed E-state index contributed by atoms with van der Waals surface area (Å²) in [5.41, 5.74) is 0. The minimum atomic E-state index is -0.324. The van der Waals surface area contributed by atoms with Gasteiger partial charge in [0.15, 0.2) is 0 Å². The summed E-state index contributed by atoms with van der Waals surface area (Å²) in [5, 5.41) is 9.85. The van der Waals surface area contributed by atoms with E-state index < -0.39 is 0 Å². The van der Waals surface area contributed by atoms with Gasteiger partial charge < -0.3 is 14.6 Å². The van der Waals surface area contributed by atoms with Crippen molar-refractivity contribution in [3.8, 4) is 11.5 Å². The van der Waals surface area contributed by atoms with Gasteiger partial charge in [0.05, 0.1) is 12.7 Å². The Kier molecular flexibility index (Phi) is 4.88. The highest BCUT2D eigenvalue weighted by Crippen LogP contribution is 2.25. The average molecular weight is 250 g/mol. The summed E-state index contributed by atoms with van der Waals surface area (Å²) in [7, 11) is 0. The Morgan fingerprint density at radius 1 is 1.11 bits per heavy atom. The minimum absolute atomic E-state index is 0.0545. The second kappa shape index (κ2) is 6.64. The molecular formula is C15H22O3. The highest BCUT2D eigenvalue weighted by atomic mass is 16.5. The first-order valence-corrected chi connectivity index (χ1v) is 6.87. The van der Waals surface area contributed by atoms with Gasteiger partial charge in [0.2, 0.25) is 0 Å². The molecule has 0 heterocycles. The molecule has 1 N–H and O–H groups in total. The van der Waals surface area contributed by atoms with Gasteiger partial charge in [-0.2, -0.15) is 0 Å². The van der Waals surface area contributed by atoms with Crippen molar-refractivity contribution in [2.45, 2.75) is 51.2 Å². The molecule has 2 atom stereocenters. The molecular weight excluding hydrogens is 228 g/mol. The number of rotatable bonds is 5. The highest BCUT2D eigenvalue weighted by Gasteiger charge is 2.24. The van der Waals surface area contributed by atoms with E-state index in [0.29, 0.717) is 0 Å². The van der Waals surface area contributed by atoms with Crippen LogP contribution in [0.2, 0.25) is 0 Å². The molecule has 1 aliphatic carbocycles. The van der Waals surface area contributed by atoms with Crippen molar-refractivity contribution >= 4 is 0 Å². The molecule has 2 rings (SSSR count). The van der Waals surface area contributed by atoms with Crippen LogP contribution in [0.15, 0.2) is 24.3 Å². The smallest absolute Gasteiger partial charge is 0.124 e. The zero-order valence-electron chi connectivity index (χ0n) is 11.0. The molecule has 1 fully saturated rings. The Morgan fingerprint density at radius 2 is 1.78 bits per heavy atom. The monoisotopic (exact) mass is 250 g/mol. The molecule has 3 nitrogen and oxygen atoms in total. The molecule has 0 saturated heterocycles. The molecule has 1 saturated carbocycles. The van der Waals surface area contributed by atoms with Crippen LogP contribution in [0.3, 0.4) is 0 Å². The maximum absolute atomic E-state index is 9.85. The summed E-state index contributed by atoms with van der Waals surface area (Å²) < 4.78 is 11.3. The van der Waals surface area contributed by atoms with Crippen molar-refractivity contribution in [2.24, 2.45) is 0 Å². The number of benzene rings is 1. The van der Waals surface area contributed by atoms with Crippen LogP contribution < -0.4 is 9.47 Å². The van der Waals surface area contributed by atoms with E-state index in [1.54, 1.807) is 0 Å². The van der Waals surface area contributed by atoms with Crippen LogP contribution in [0.25, 0.3) is 0 Å². The first-order chi connectivity index (χ1) is 8.79. The lowest BCUT2D eigenvalue weighted by Gasteiger charge is -2.28. The summed E-state index contributed by atoms with van der Waals surface area (Å²) in [6.45, 7) is 2.82. The van der Waals surface area contributed by atoms with Gasteiger partial charge in [-0.25, -0.2) is 0 Å². The third-order valence-corrected chi connectivity index (χ3v) is 3.25.